The summed E-state index contributed by atoms with van der Waals surface area (Å²) in [6.07, 6.45) is 3.23. The third-order valence-corrected chi connectivity index (χ3v) is 2.29. The van der Waals surface area contributed by atoms with Crippen LogP contribution in [0.1, 0.15) is 16.1 Å². The lowest BCUT2D eigenvalue weighted by Crippen LogP contribution is -2.17. The summed E-state index contributed by atoms with van der Waals surface area (Å²) < 4.78 is 1.52. The highest BCUT2D eigenvalue weighted by atomic mass is 16.2. The molecule has 0 bridgehead atoms. The standard InChI is InChI=1S/C11H12N4O/c1-8-4-3-6-12-10(8)14-11(16)9-5-7-13-15(9)2/h3-7H,1-2H3,(H,12,14,16). The van der Waals surface area contributed by atoms with Crippen molar-refractivity contribution in [1.29, 1.82) is 0 Å². The van der Waals surface area contributed by atoms with Gasteiger partial charge in [-0.25, -0.2) is 4.98 Å². The summed E-state index contributed by atoms with van der Waals surface area (Å²) in [6.45, 7) is 1.89. The number of aryl methyl sites for hydroxylation is 2. The molecule has 1 amide bonds. The number of hydrogen-bond acceptors (Lipinski definition) is 3. The molecule has 1 N–H and O–H groups in total. The van der Waals surface area contributed by atoms with Gasteiger partial charge in [-0.1, -0.05) is 6.07 Å². The fourth-order valence-electron chi connectivity index (χ4n) is 1.38. The first kappa shape index (κ1) is 10.4. The molecule has 0 aliphatic carbocycles. The summed E-state index contributed by atoms with van der Waals surface area (Å²) in [5.74, 6) is 0.371. The number of anilines is 1. The van der Waals surface area contributed by atoms with E-state index in [0.29, 0.717) is 11.5 Å². The fraction of sp³-hybridized carbons (Fsp3) is 0.182. The molecule has 0 unspecified atom stereocenters. The van der Waals surface area contributed by atoms with E-state index in [-0.39, 0.29) is 5.91 Å². The molecule has 0 saturated heterocycles. The molecule has 0 spiro atoms. The van der Waals surface area contributed by atoms with Crippen molar-refractivity contribution >= 4 is 11.7 Å². The van der Waals surface area contributed by atoms with E-state index in [1.807, 2.05) is 19.1 Å². The van der Waals surface area contributed by atoms with E-state index in [2.05, 4.69) is 15.4 Å². The molecule has 2 heterocycles. The second kappa shape index (κ2) is 4.14. The van der Waals surface area contributed by atoms with E-state index in [1.54, 1.807) is 25.5 Å². The number of nitrogens with one attached hydrogen (secondary N) is 1. The maximum Gasteiger partial charge on any atom is 0.275 e. The van der Waals surface area contributed by atoms with Gasteiger partial charge in [0.05, 0.1) is 0 Å². The Labute approximate surface area is 93.1 Å². The first-order chi connectivity index (χ1) is 7.68. The SMILES string of the molecule is Cc1cccnc1NC(=O)c1ccnn1C. The van der Waals surface area contributed by atoms with Gasteiger partial charge in [0.15, 0.2) is 0 Å². The van der Waals surface area contributed by atoms with Gasteiger partial charge in [0.25, 0.3) is 5.91 Å². The van der Waals surface area contributed by atoms with Crippen LogP contribution in [0.2, 0.25) is 0 Å². The number of pyridine rings is 1. The minimum Gasteiger partial charge on any atom is -0.305 e. The first-order valence-corrected chi connectivity index (χ1v) is 4.89. The van der Waals surface area contributed by atoms with Gasteiger partial charge in [0.2, 0.25) is 0 Å². The van der Waals surface area contributed by atoms with Gasteiger partial charge in [-0.05, 0) is 24.6 Å². The van der Waals surface area contributed by atoms with Crippen LogP contribution in [-0.4, -0.2) is 20.7 Å². The van der Waals surface area contributed by atoms with Gasteiger partial charge in [-0.2, -0.15) is 5.10 Å². The molecular formula is C11H12N4O. The summed E-state index contributed by atoms with van der Waals surface area (Å²) >= 11 is 0. The normalized spacial score (nSPS) is 10.1. The monoisotopic (exact) mass is 216 g/mol. The van der Waals surface area contributed by atoms with Crippen molar-refractivity contribution in [2.45, 2.75) is 6.92 Å². The number of rotatable bonds is 2. The van der Waals surface area contributed by atoms with Gasteiger partial charge in [0.1, 0.15) is 11.5 Å². The Bertz CT molecular complexity index is 518. The molecule has 82 valence electrons. The number of nitrogens with zero attached hydrogens (tertiary/aromatic N) is 3. The highest BCUT2D eigenvalue weighted by Gasteiger charge is 2.11. The summed E-state index contributed by atoms with van der Waals surface area (Å²) in [5.41, 5.74) is 1.43. The van der Waals surface area contributed by atoms with Crippen molar-refractivity contribution in [3.8, 4) is 0 Å². The largest absolute Gasteiger partial charge is 0.305 e. The Morgan fingerprint density at radius 2 is 2.19 bits per heavy atom. The van der Waals surface area contributed by atoms with Crippen LogP contribution in [0.15, 0.2) is 30.6 Å². The zero-order valence-corrected chi connectivity index (χ0v) is 9.14. The third kappa shape index (κ3) is 1.93. The molecule has 0 aliphatic rings. The van der Waals surface area contributed by atoms with Gasteiger partial charge < -0.3 is 5.32 Å². The molecule has 5 heteroatoms. The molecule has 2 aromatic rings. The molecule has 0 aromatic carbocycles. The highest BCUT2D eigenvalue weighted by Crippen LogP contribution is 2.10. The van der Waals surface area contributed by atoms with Crippen LogP contribution in [0.25, 0.3) is 0 Å². The zero-order valence-electron chi connectivity index (χ0n) is 9.14. The van der Waals surface area contributed by atoms with E-state index in [4.69, 9.17) is 0 Å². The van der Waals surface area contributed by atoms with Crippen LogP contribution in [0.3, 0.4) is 0 Å². The highest BCUT2D eigenvalue weighted by molar-refractivity contribution is 6.02. The van der Waals surface area contributed by atoms with Crippen LogP contribution in [0, 0.1) is 6.92 Å². The van der Waals surface area contributed by atoms with Crippen molar-refractivity contribution < 1.29 is 4.79 Å². The van der Waals surface area contributed by atoms with Crippen molar-refractivity contribution in [2.24, 2.45) is 7.05 Å². The van der Waals surface area contributed by atoms with Gasteiger partial charge in [0, 0.05) is 19.4 Å². The molecule has 2 rings (SSSR count). The summed E-state index contributed by atoms with van der Waals surface area (Å²) in [5, 5.41) is 6.68. The number of amides is 1. The van der Waals surface area contributed by atoms with Crippen molar-refractivity contribution in [3.63, 3.8) is 0 Å². The topological polar surface area (TPSA) is 59.8 Å². The van der Waals surface area contributed by atoms with Crippen LogP contribution < -0.4 is 5.32 Å². The predicted octanol–water partition coefficient (Wildman–Crippen LogP) is 1.38. The molecule has 0 radical (unpaired) electrons. The average molecular weight is 216 g/mol. The van der Waals surface area contributed by atoms with E-state index >= 15 is 0 Å². The lowest BCUT2D eigenvalue weighted by Gasteiger charge is -2.06. The van der Waals surface area contributed by atoms with Crippen molar-refractivity contribution in [1.82, 2.24) is 14.8 Å². The Balaban J connectivity index is 2.21. The molecule has 5 nitrogen and oxygen atoms in total. The molecule has 0 aliphatic heterocycles. The van der Waals surface area contributed by atoms with E-state index < -0.39 is 0 Å². The van der Waals surface area contributed by atoms with E-state index in [0.717, 1.165) is 5.56 Å². The lowest BCUT2D eigenvalue weighted by atomic mass is 10.3. The van der Waals surface area contributed by atoms with E-state index in [1.165, 1.54) is 4.68 Å². The number of aromatic nitrogens is 3. The van der Waals surface area contributed by atoms with Crippen LogP contribution in [0.4, 0.5) is 5.82 Å². The second-order valence-corrected chi connectivity index (χ2v) is 3.46. The fourth-order valence-corrected chi connectivity index (χ4v) is 1.38. The molecule has 0 atom stereocenters. The second-order valence-electron chi connectivity index (χ2n) is 3.46. The lowest BCUT2D eigenvalue weighted by molar-refractivity contribution is 0.101. The molecule has 0 saturated carbocycles. The maximum absolute atomic E-state index is 11.8. The average Bonchev–Trinajstić information content (AvgIpc) is 2.68. The molecule has 16 heavy (non-hydrogen) atoms. The number of hydrogen-bond donors (Lipinski definition) is 1. The Hall–Kier alpha value is -2.17. The molecular weight excluding hydrogens is 204 g/mol. The van der Waals surface area contributed by atoms with E-state index in [9.17, 15) is 4.79 Å². The minimum atomic E-state index is -0.207. The Kier molecular flexibility index (Phi) is 2.68. The minimum absolute atomic E-state index is 0.207. The van der Waals surface area contributed by atoms with Gasteiger partial charge >= 0.3 is 0 Å². The first-order valence-electron chi connectivity index (χ1n) is 4.89. The van der Waals surface area contributed by atoms with Crippen molar-refractivity contribution in [3.05, 3.63) is 41.9 Å². The maximum atomic E-state index is 11.8. The smallest absolute Gasteiger partial charge is 0.275 e. The van der Waals surface area contributed by atoms with Gasteiger partial charge in [-0.3, -0.25) is 9.48 Å². The Morgan fingerprint density at radius 1 is 1.38 bits per heavy atom. The number of carbonyl (C=O) groups excluding carboxylic acids is 1. The summed E-state index contributed by atoms with van der Waals surface area (Å²) in [6, 6.07) is 5.38. The number of carbonyl (C=O) groups is 1. The van der Waals surface area contributed by atoms with Crippen molar-refractivity contribution in [2.75, 3.05) is 5.32 Å². The van der Waals surface area contributed by atoms with Crippen LogP contribution >= 0.6 is 0 Å². The zero-order chi connectivity index (χ0) is 11.5. The van der Waals surface area contributed by atoms with Gasteiger partial charge in [-0.15, -0.1) is 0 Å². The quantitative estimate of drug-likeness (QED) is 0.824. The summed E-state index contributed by atoms with van der Waals surface area (Å²) in [4.78, 5) is 15.9. The molecule has 2 aromatic heterocycles. The molecule has 0 fully saturated rings. The predicted molar refractivity (Wildman–Crippen MR) is 60.1 cm³/mol. The summed E-state index contributed by atoms with van der Waals surface area (Å²) in [7, 11) is 1.72. The third-order valence-electron chi connectivity index (χ3n) is 2.29. The van der Waals surface area contributed by atoms with Crippen LogP contribution in [-0.2, 0) is 7.05 Å². The van der Waals surface area contributed by atoms with Crippen LogP contribution in [0.5, 0.6) is 0 Å². The Morgan fingerprint density at radius 3 is 2.81 bits per heavy atom.